The Bertz CT molecular complexity index is 541. The Morgan fingerprint density at radius 3 is 2.50 bits per heavy atom. The van der Waals surface area contributed by atoms with Crippen molar-refractivity contribution in [2.45, 2.75) is 18.7 Å². The third kappa shape index (κ3) is 1.14. The summed E-state index contributed by atoms with van der Waals surface area (Å²) in [7, 11) is -3.24. The molecule has 0 aromatic heterocycles. The fourth-order valence-electron chi connectivity index (χ4n) is 1.61. The van der Waals surface area contributed by atoms with Crippen molar-refractivity contribution in [3.8, 4) is 0 Å². The van der Waals surface area contributed by atoms with Crippen molar-refractivity contribution in [1.82, 2.24) is 0 Å². The molecule has 0 saturated carbocycles. The lowest BCUT2D eigenvalue weighted by molar-refractivity contribution is 0.605. The molecule has 1 aliphatic heterocycles. The van der Waals surface area contributed by atoms with Crippen LogP contribution in [0.25, 0.3) is 5.57 Å². The molecule has 0 spiro atoms. The van der Waals surface area contributed by atoms with Gasteiger partial charge in [0.05, 0.1) is 4.90 Å². The Morgan fingerprint density at radius 2 is 1.86 bits per heavy atom. The zero-order valence-electron chi connectivity index (χ0n) is 8.03. The molecule has 2 N–H and O–H groups in total. The second-order valence-electron chi connectivity index (χ2n) is 3.55. The largest absolute Gasteiger partial charge is 0.398 e. The fraction of sp³-hybridized carbons (Fsp3) is 0.200. The number of benzene rings is 1. The summed E-state index contributed by atoms with van der Waals surface area (Å²) in [5.41, 5.74) is 8.66. The first kappa shape index (κ1) is 9.27. The number of nitrogens with two attached hydrogens (primary N) is 1. The molecule has 1 aromatic rings. The predicted molar refractivity (Wildman–Crippen MR) is 56.4 cm³/mol. The van der Waals surface area contributed by atoms with Crippen LogP contribution in [0.1, 0.15) is 18.1 Å². The van der Waals surface area contributed by atoms with Crippen molar-refractivity contribution in [1.29, 1.82) is 0 Å². The Balaban J connectivity index is 2.85. The molecule has 2 rings (SSSR count). The molecule has 1 heterocycles. The molecule has 1 aliphatic rings. The average Bonchev–Trinajstić information content (AvgIpc) is 2.26. The number of rotatable bonds is 0. The second-order valence-corrected chi connectivity index (χ2v) is 5.32. The van der Waals surface area contributed by atoms with Crippen molar-refractivity contribution < 1.29 is 8.42 Å². The number of anilines is 1. The lowest BCUT2D eigenvalue weighted by Gasteiger charge is -2.05. The molecule has 0 unspecified atom stereocenters. The Morgan fingerprint density at radius 1 is 1.21 bits per heavy atom. The minimum absolute atomic E-state index is 0.332. The van der Waals surface area contributed by atoms with Gasteiger partial charge < -0.3 is 5.73 Å². The van der Waals surface area contributed by atoms with Crippen LogP contribution in [-0.2, 0) is 9.84 Å². The van der Waals surface area contributed by atoms with Crippen LogP contribution in [0.2, 0.25) is 0 Å². The molecular weight excluding hydrogens is 198 g/mol. The number of hydrogen-bond donors (Lipinski definition) is 1. The maximum Gasteiger partial charge on any atom is 0.200 e. The topological polar surface area (TPSA) is 60.2 Å². The van der Waals surface area contributed by atoms with E-state index < -0.39 is 9.84 Å². The maximum absolute atomic E-state index is 11.6. The van der Waals surface area contributed by atoms with Crippen molar-refractivity contribution in [3.63, 3.8) is 0 Å². The van der Waals surface area contributed by atoms with Crippen molar-refractivity contribution in [2.24, 2.45) is 0 Å². The monoisotopic (exact) mass is 209 g/mol. The summed E-state index contributed by atoms with van der Waals surface area (Å²) in [5.74, 6) is 0. The van der Waals surface area contributed by atoms with Gasteiger partial charge in [-0.15, -0.1) is 0 Å². The smallest absolute Gasteiger partial charge is 0.200 e. The van der Waals surface area contributed by atoms with Gasteiger partial charge in [0.1, 0.15) is 0 Å². The minimum atomic E-state index is -3.24. The maximum atomic E-state index is 11.6. The lowest BCUT2D eigenvalue weighted by Crippen LogP contribution is -1.97. The Hall–Kier alpha value is -1.29. The number of fused-ring (bicyclic) bond motifs is 1. The standard InChI is InChI=1S/C10H11NO2S/c1-6-3-8-7(2)5-14(12,13)10(8)4-9(6)11/h3-5H,11H2,1-2H3. The lowest BCUT2D eigenvalue weighted by atomic mass is 10.1. The SMILES string of the molecule is CC1=CS(=O)(=O)c2cc(N)c(C)cc21. The van der Waals surface area contributed by atoms with E-state index in [0.29, 0.717) is 10.6 Å². The summed E-state index contributed by atoms with van der Waals surface area (Å²) < 4.78 is 23.2. The summed E-state index contributed by atoms with van der Waals surface area (Å²) in [4.78, 5) is 0.332. The average molecular weight is 209 g/mol. The van der Waals surface area contributed by atoms with Crippen molar-refractivity contribution in [2.75, 3.05) is 5.73 Å². The molecule has 14 heavy (non-hydrogen) atoms. The number of sulfone groups is 1. The fourth-order valence-corrected chi connectivity index (χ4v) is 3.14. The van der Waals surface area contributed by atoms with Gasteiger partial charge in [-0.2, -0.15) is 0 Å². The second kappa shape index (κ2) is 2.60. The van der Waals surface area contributed by atoms with Gasteiger partial charge in [-0.25, -0.2) is 8.42 Å². The molecule has 0 aliphatic carbocycles. The highest BCUT2D eigenvalue weighted by molar-refractivity contribution is 7.95. The molecule has 3 nitrogen and oxygen atoms in total. The quantitative estimate of drug-likeness (QED) is 0.662. The molecule has 0 saturated heterocycles. The third-order valence-corrected chi connectivity index (χ3v) is 4.05. The van der Waals surface area contributed by atoms with Crippen LogP contribution in [0.3, 0.4) is 0 Å². The van der Waals surface area contributed by atoms with Crippen LogP contribution in [0.5, 0.6) is 0 Å². The molecule has 0 amide bonds. The molecular formula is C10H11NO2S. The van der Waals surface area contributed by atoms with E-state index in [1.165, 1.54) is 11.5 Å². The van der Waals surface area contributed by atoms with Crippen LogP contribution in [0, 0.1) is 6.92 Å². The third-order valence-electron chi connectivity index (χ3n) is 2.43. The van der Waals surface area contributed by atoms with E-state index in [1.54, 1.807) is 6.92 Å². The highest BCUT2D eigenvalue weighted by Gasteiger charge is 2.25. The normalized spacial score (nSPS) is 17.7. The predicted octanol–water partition coefficient (Wildman–Crippen LogP) is 1.73. The zero-order valence-corrected chi connectivity index (χ0v) is 8.85. The van der Waals surface area contributed by atoms with Gasteiger partial charge in [0.2, 0.25) is 9.84 Å². The number of hydrogen-bond acceptors (Lipinski definition) is 3. The van der Waals surface area contributed by atoms with E-state index in [2.05, 4.69) is 0 Å². The highest BCUT2D eigenvalue weighted by Crippen LogP contribution is 2.35. The van der Waals surface area contributed by atoms with Gasteiger partial charge in [0.15, 0.2) is 0 Å². The Labute approximate surface area is 83.2 Å². The van der Waals surface area contributed by atoms with Gasteiger partial charge in [0, 0.05) is 11.1 Å². The van der Waals surface area contributed by atoms with Gasteiger partial charge >= 0.3 is 0 Å². The van der Waals surface area contributed by atoms with Crippen molar-refractivity contribution in [3.05, 3.63) is 28.7 Å². The summed E-state index contributed by atoms with van der Waals surface area (Å²) in [6.07, 6.45) is 0. The van der Waals surface area contributed by atoms with E-state index in [9.17, 15) is 8.42 Å². The first-order valence-corrected chi connectivity index (χ1v) is 5.80. The molecule has 0 bridgehead atoms. The highest BCUT2D eigenvalue weighted by atomic mass is 32.2. The summed E-state index contributed by atoms with van der Waals surface area (Å²) in [6, 6.07) is 3.36. The first-order valence-electron chi connectivity index (χ1n) is 4.26. The summed E-state index contributed by atoms with van der Waals surface area (Å²) in [5, 5.41) is 1.29. The number of nitrogen functional groups attached to an aromatic ring is 1. The molecule has 4 heteroatoms. The van der Waals surface area contributed by atoms with E-state index in [0.717, 1.165) is 16.7 Å². The van der Waals surface area contributed by atoms with E-state index in [4.69, 9.17) is 5.73 Å². The van der Waals surface area contributed by atoms with Gasteiger partial charge in [0.25, 0.3) is 0 Å². The van der Waals surface area contributed by atoms with Crippen LogP contribution >= 0.6 is 0 Å². The molecule has 74 valence electrons. The zero-order chi connectivity index (χ0) is 10.5. The molecule has 0 atom stereocenters. The van der Waals surface area contributed by atoms with Crippen LogP contribution in [0.15, 0.2) is 22.4 Å². The summed E-state index contributed by atoms with van der Waals surface area (Å²) in [6.45, 7) is 3.66. The summed E-state index contributed by atoms with van der Waals surface area (Å²) >= 11 is 0. The minimum Gasteiger partial charge on any atom is -0.398 e. The molecule has 0 fully saturated rings. The van der Waals surface area contributed by atoms with E-state index in [-0.39, 0.29) is 0 Å². The van der Waals surface area contributed by atoms with E-state index >= 15 is 0 Å². The van der Waals surface area contributed by atoms with Crippen LogP contribution < -0.4 is 5.73 Å². The Kier molecular flexibility index (Phi) is 1.72. The number of allylic oxidation sites excluding steroid dienone is 1. The molecule has 0 radical (unpaired) electrons. The van der Waals surface area contributed by atoms with Crippen molar-refractivity contribution >= 4 is 21.1 Å². The molecule has 1 aromatic carbocycles. The van der Waals surface area contributed by atoms with Gasteiger partial charge in [-0.05, 0) is 42.7 Å². The van der Waals surface area contributed by atoms with Crippen LogP contribution in [-0.4, -0.2) is 8.42 Å². The van der Waals surface area contributed by atoms with E-state index in [1.807, 2.05) is 13.0 Å². The number of aryl methyl sites for hydroxylation is 1. The van der Waals surface area contributed by atoms with Crippen LogP contribution in [0.4, 0.5) is 5.69 Å². The first-order chi connectivity index (χ1) is 6.42. The van der Waals surface area contributed by atoms with Gasteiger partial charge in [-0.3, -0.25) is 0 Å². The van der Waals surface area contributed by atoms with Gasteiger partial charge in [-0.1, -0.05) is 0 Å².